The van der Waals surface area contributed by atoms with E-state index in [4.69, 9.17) is 23.2 Å². The molecule has 2 N–H and O–H groups in total. The Labute approximate surface area is 188 Å². The van der Waals surface area contributed by atoms with Crippen LogP contribution in [-0.2, 0) is 16.6 Å². The first-order valence-corrected chi connectivity index (χ1v) is 11.0. The lowest BCUT2D eigenvalue weighted by molar-refractivity contribution is -0.384. The van der Waals surface area contributed by atoms with E-state index in [-0.39, 0.29) is 38.4 Å². The van der Waals surface area contributed by atoms with Crippen LogP contribution in [0.4, 0.5) is 11.4 Å². The number of nitro benzene ring substituents is 1. The van der Waals surface area contributed by atoms with Crippen molar-refractivity contribution in [2.75, 3.05) is 4.72 Å². The number of hydrogen-bond acceptors (Lipinski definition) is 5. The Hall–Kier alpha value is -3.14. The van der Waals surface area contributed by atoms with Gasteiger partial charge in [0.1, 0.15) is 4.90 Å². The smallest absolute Gasteiger partial charge is 0.269 e. The second-order valence-corrected chi connectivity index (χ2v) is 8.86. The molecule has 8 nitrogen and oxygen atoms in total. The molecule has 0 aliphatic rings. The first-order valence-electron chi connectivity index (χ1n) is 8.75. The van der Waals surface area contributed by atoms with Gasteiger partial charge in [0.2, 0.25) is 0 Å². The van der Waals surface area contributed by atoms with Gasteiger partial charge in [-0.25, -0.2) is 8.42 Å². The van der Waals surface area contributed by atoms with Crippen molar-refractivity contribution in [2.24, 2.45) is 0 Å². The van der Waals surface area contributed by atoms with Crippen molar-refractivity contribution in [1.29, 1.82) is 0 Å². The molecule has 0 bridgehead atoms. The lowest BCUT2D eigenvalue weighted by Crippen LogP contribution is -2.23. The lowest BCUT2D eigenvalue weighted by Gasteiger charge is -2.11. The largest absolute Gasteiger partial charge is 0.348 e. The minimum Gasteiger partial charge on any atom is -0.348 e. The van der Waals surface area contributed by atoms with Gasteiger partial charge in [-0.15, -0.1) is 0 Å². The van der Waals surface area contributed by atoms with Gasteiger partial charge in [-0.2, -0.15) is 0 Å². The summed E-state index contributed by atoms with van der Waals surface area (Å²) in [6.07, 6.45) is 0. The molecule has 0 aromatic heterocycles. The number of benzene rings is 3. The Kier molecular flexibility index (Phi) is 6.79. The van der Waals surface area contributed by atoms with Crippen LogP contribution < -0.4 is 10.0 Å². The van der Waals surface area contributed by atoms with Crippen molar-refractivity contribution in [1.82, 2.24) is 5.32 Å². The molecule has 0 atom stereocenters. The maximum atomic E-state index is 12.6. The molecule has 0 saturated carbocycles. The molecule has 160 valence electrons. The molecule has 0 heterocycles. The van der Waals surface area contributed by atoms with Gasteiger partial charge in [-0.05, 0) is 42.0 Å². The van der Waals surface area contributed by atoms with E-state index in [1.807, 2.05) is 0 Å². The summed E-state index contributed by atoms with van der Waals surface area (Å²) >= 11 is 11.8. The monoisotopic (exact) mass is 479 g/mol. The third-order valence-corrected chi connectivity index (χ3v) is 6.26. The van der Waals surface area contributed by atoms with Crippen LogP contribution in [0.2, 0.25) is 10.0 Å². The van der Waals surface area contributed by atoms with Crippen molar-refractivity contribution < 1.29 is 18.1 Å². The first kappa shape index (κ1) is 22.5. The van der Waals surface area contributed by atoms with Crippen LogP contribution in [0.25, 0.3) is 0 Å². The van der Waals surface area contributed by atoms with Crippen molar-refractivity contribution >= 4 is 50.5 Å². The van der Waals surface area contributed by atoms with E-state index >= 15 is 0 Å². The Morgan fingerprint density at radius 1 is 1.00 bits per heavy atom. The van der Waals surface area contributed by atoms with Gasteiger partial charge in [-0.1, -0.05) is 41.4 Å². The number of nitrogens with zero attached hydrogens (tertiary/aromatic N) is 1. The maximum absolute atomic E-state index is 12.6. The average molecular weight is 480 g/mol. The molecule has 0 unspecified atom stereocenters. The van der Waals surface area contributed by atoms with Crippen LogP contribution in [0.1, 0.15) is 15.9 Å². The van der Waals surface area contributed by atoms with Crippen LogP contribution in [-0.4, -0.2) is 19.2 Å². The second kappa shape index (κ2) is 9.34. The molecule has 0 aliphatic heterocycles. The Bertz CT molecular complexity index is 1250. The maximum Gasteiger partial charge on any atom is 0.269 e. The topological polar surface area (TPSA) is 118 Å². The molecule has 0 spiro atoms. The second-order valence-electron chi connectivity index (χ2n) is 6.37. The molecule has 0 aliphatic carbocycles. The molecule has 1 amide bonds. The van der Waals surface area contributed by atoms with E-state index < -0.39 is 20.9 Å². The predicted octanol–water partition coefficient (Wildman–Crippen LogP) is 4.63. The minimum atomic E-state index is -4.03. The fraction of sp³-hybridized carbons (Fsp3) is 0.0500. The zero-order valence-electron chi connectivity index (χ0n) is 15.7. The SMILES string of the molecule is O=C(NCc1ccc([N+](=O)[O-])cc1)c1cccc(NS(=O)(=O)c2cc(Cl)ccc2Cl)c1. The molecule has 0 fully saturated rings. The summed E-state index contributed by atoms with van der Waals surface area (Å²) in [6, 6.07) is 15.8. The number of nitro groups is 1. The number of non-ortho nitro benzene ring substituents is 1. The highest BCUT2D eigenvalue weighted by Gasteiger charge is 2.19. The highest BCUT2D eigenvalue weighted by molar-refractivity contribution is 7.92. The minimum absolute atomic E-state index is 0.00824. The van der Waals surface area contributed by atoms with E-state index in [0.29, 0.717) is 5.56 Å². The van der Waals surface area contributed by atoms with Crippen molar-refractivity contribution in [3.8, 4) is 0 Å². The van der Waals surface area contributed by atoms with Gasteiger partial charge >= 0.3 is 0 Å². The Morgan fingerprint density at radius 2 is 1.71 bits per heavy atom. The zero-order chi connectivity index (χ0) is 22.6. The van der Waals surface area contributed by atoms with Gasteiger partial charge in [-0.3, -0.25) is 19.6 Å². The van der Waals surface area contributed by atoms with Crippen LogP contribution >= 0.6 is 23.2 Å². The average Bonchev–Trinajstić information content (AvgIpc) is 2.73. The summed E-state index contributed by atoms with van der Waals surface area (Å²) < 4.78 is 27.7. The summed E-state index contributed by atoms with van der Waals surface area (Å²) in [5, 5.41) is 13.6. The summed E-state index contributed by atoms with van der Waals surface area (Å²) in [7, 11) is -4.03. The fourth-order valence-corrected chi connectivity index (χ4v) is 4.45. The molecular weight excluding hydrogens is 465 g/mol. The standard InChI is InChI=1S/C20H15Cl2N3O5S/c21-15-6-9-18(22)19(11-15)31(29,30)24-16-3-1-2-14(10-16)20(26)23-12-13-4-7-17(8-5-13)25(27)28/h1-11,24H,12H2,(H,23,26). The van der Waals surface area contributed by atoms with E-state index in [1.54, 1.807) is 0 Å². The molecule has 3 rings (SSSR count). The summed E-state index contributed by atoms with van der Waals surface area (Å²) in [4.78, 5) is 22.4. The van der Waals surface area contributed by atoms with Crippen LogP contribution in [0.5, 0.6) is 0 Å². The third kappa shape index (κ3) is 5.72. The van der Waals surface area contributed by atoms with Gasteiger partial charge in [0.25, 0.3) is 21.6 Å². The van der Waals surface area contributed by atoms with E-state index in [1.165, 1.54) is 66.7 Å². The van der Waals surface area contributed by atoms with Crippen LogP contribution in [0, 0.1) is 10.1 Å². The number of carbonyl (C=O) groups is 1. The summed E-state index contributed by atoms with van der Waals surface area (Å²) in [5.41, 5.74) is 1.01. The van der Waals surface area contributed by atoms with E-state index in [9.17, 15) is 23.3 Å². The molecule has 31 heavy (non-hydrogen) atoms. The van der Waals surface area contributed by atoms with Gasteiger partial charge in [0, 0.05) is 35.0 Å². The lowest BCUT2D eigenvalue weighted by atomic mass is 10.1. The molecule has 0 radical (unpaired) electrons. The number of sulfonamides is 1. The number of carbonyl (C=O) groups excluding carboxylic acids is 1. The van der Waals surface area contributed by atoms with Crippen LogP contribution in [0.15, 0.2) is 71.6 Å². The molecule has 3 aromatic rings. The summed E-state index contributed by atoms with van der Waals surface area (Å²) in [6.45, 7) is 0.144. The molecule has 3 aromatic carbocycles. The third-order valence-electron chi connectivity index (χ3n) is 4.16. The number of halogens is 2. The normalized spacial score (nSPS) is 11.0. The predicted molar refractivity (Wildman–Crippen MR) is 118 cm³/mol. The van der Waals surface area contributed by atoms with Crippen molar-refractivity contribution in [3.05, 3.63) is 98.0 Å². The number of amides is 1. The highest BCUT2D eigenvalue weighted by Crippen LogP contribution is 2.27. The zero-order valence-corrected chi connectivity index (χ0v) is 18.0. The molecule has 0 saturated heterocycles. The quantitative estimate of drug-likeness (QED) is 0.378. The van der Waals surface area contributed by atoms with Crippen molar-refractivity contribution in [3.63, 3.8) is 0 Å². The van der Waals surface area contributed by atoms with E-state index in [2.05, 4.69) is 10.0 Å². The van der Waals surface area contributed by atoms with Crippen molar-refractivity contribution in [2.45, 2.75) is 11.4 Å². The molecule has 11 heteroatoms. The fourth-order valence-electron chi connectivity index (χ4n) is 2.64. The number of anilines is 1. The van der Waals surface area contributed by atoms with Gasteiger partial charge in [0.05, 0.1) is 9.95 Å². The summed E-state index contributed by atoms with van der Waals surface area (Å²) in [5.74, 6) is -0.444. The van der Waals surface area contributed by atoms with Crippen LogP contribution in [0.3, 0.4) is 0 Å². The van der Waals surface area contributed by atoms with Gasteiger partial charge in [0.15, 0.2) is 0 Å². The van der Waals surface area contributed by atoms with Gasteiger partial charge < -0.3 is 5.32 Å². The highest BCUT2D eigenvalue weighted by atomic mass is 35.5. The molecular formula is C20H15Cl2N3O5S. The first-order chi connectivity index (χ1) is 14.7. The Balaban J connectivity index is 1.71. The number of rotatable bonds is 7. The van der Waals surface area contributed by atoms with E-state index in [0.717, 1.165) is 0 Å². The number of nitrogens with one attached hydrogen (secondary N) is 2. The Morgan fingerprint density at radius 3 is 2.39 bits per heavy atom. The number of hydrogen-bond donors (Lipinski definition) is 2.